The first-order chi connectivity index (χ1) is 3.68. The maximum Gasteiger partial charge on any atom is 0.396 e. The van der Waals surface area contributed by atoms with E-state index in [1.807, 2.05) is 0 Å². The number of nitrogens with zero attached hydrogens (tertiary/aromatic N) is 1. The van der Waals surface area contributed by atoms with Gasteiger partial charge in [0.1, 0.15) is 0 Å². The fraction of sp³-hybridized carbons (Fsp3) is 0. The summed E-state index contributed by atoms with van der Waals surface area (Å²) in [6.45, 7) is 2.84. The van der Waals surface area contributed by atoms with Gasteiger partial charge in [-0.15, -0.1) is 0 Å². The van der Waals surface area contributed by atoms with Crippen molar-refractivity contribution in [1.29, 1.82) is 0 Å². The molecule has 0 aromatic heterocycles. The van der Waals surface area contributed by atoms with Gasteiger partial charge >= 0.3 is 11.9 Å². The molecule has 5 nitrogen and oxygen atoms in total. The minimum absolute atomic E-state index is 1.18. The van der Waals surface area contributed by atoms with E-state index in [-0.39, 0.29) is 0 Å². The maximum atomic E-state index is 9.90. The van der Waals surface area contributed by atoms with E-state index in [0.717, 1.165) is 0 Å². The second-order valence-corrected chi connectivity index (χ2v) is 0.904. The SMILES string of the molecule is C=NNC(=O)C(=O)O. The summed E-state index contributed by atoms with van der Waals surface area (Å²) in [5.41, 5.74) is 1.62. The van der Waals surface area contributed by atoms with Crippen molar-refractivity contribution in [1.82, 2.24) is 5.43 Å². The molecule has 0 saturated carbocycles. The number of carboxylic acid groups (broad SMARTS) is 1. The van der Waals surface area contributed by atoms with Gasteiger partial charge in [-0.1, -0.05) is 0 Å². The van der Waals surface area contributed by atoms with E-state index in [2.05, 4.69) is 11.8 Å². The predicted octanol–water partition coefficient (Wildman–Crippen LogP) is -1.20. The lowest BCUT2D eigenvalue weighted by atomic mass is 10.7. The van der Waals surface area contributed by atoms with Crippen molar-refractivity contribution in [3.05, 3.63) is 0 Å². The Morgan fingerprint density at radius 2 is 2.12 bits per heavy atom. The van der Waals surface area contributed by atoms with Gasteiger partial charge in [0.15, 0.2) is 0 Å². The summed E-state index contributed by atoms with van der Waals surface area (Å²) >= 11 is 0. The summed E-state index contributed by atoms with van der Waals surface area (Å²) in [6.07, 6.45) is 0. The van der Waals surface area contributed by atoms with Crippen LogP contribution in [0.15, 0.2) is 5.10 Å². The van der Waals surface area contributed by atoms with Crippen LogP contribution in [0.2, 0.25) is 0 Å². The molecule has 0 aliphatic heterocycles. The highest BCUT2D eigenvalue weighted by molar-refractivity contribution is 6.31. The van der Waals surface area contributed by atoms with Crippen LogP contribution in [0.25, 0.3) is 0 Å². The van der Waals surface area contributed by atoms with Gasteiger partial charge in [-0.05, 0) is 0 Å². The first kappa shape index (κ1) is 6.61. The van der Waals surface area contributed by atoms with Gasteiger partial charge < -0.3 is 5.11 Å². The quantitative estimate of drug-likeness (QED) is 0.256. The number of aliphatic carboxylic acids is 1. The minimum atomic E-state index is -1.57. The number of hydrogen-bond acceptors (Lipinski definition) is 3. The van der Waals surface area contributed by atoms with Crippen molar-refractivity contribution in [3.63, 3.8) is 0 Å². The topological polar surface area (TPSA) is 78.8 Å². The molecule has 0 heterocycles. The number of carboxylic acids is 1. The first-order valence-electron chi connectivity index (χ1n) is 1.67. The number of carbonyl (C=O) groups is 2. The summed E-state index contributed by atoms with van der Waals surface area (Å²) in [4.78, 5) is 19.5. The second kappa shape index (κ2) is 2.73. The van der Waals surface area contributed by atoms with E-state index in [4.69, 9.17) is 5.11 Å². The Balaban J connectivity index is 3.65. The number of hydrazone groups is 1. The second-order valence-electron chi connectivity index (χ2n) is 0.904. The van der Waals surface area contributed by atoms with E-state index in [1.165, 1.54) is 0 Å². The highest BCUT2D eigenvalue weighted by Gasteiger charge is 2.07. The van der Waals surface area contributed by atoms with Crippen LogP contribution in [-0.2, 0) is 9.59 Å². The molecule has 0 rings (SSSR count). The van der Waals surface area contributed by atoms with Gasteiger partial charge in [0.25, 0.3) is 0 Å². The lowest BCUT2D eigenvalue weighted by Gasteiger charge is -1.86. The summed E-state index contributed by atoms with van der Waals surface area (Å²) in [6, 6.07) is 0. The van der Waals surface area contributed by atoms with Crippen LogP contribution in [0.4, 0.5) is 0 Å². The summed E-state index contributed by atoms with van der Waals surface area (Å²) < 4.78 is 0. The van der Waals surface area contributed by atoms with Crippen LogP contribution >= 0.6 is 0 Å². The average molecular weight is 116 g/mol. The standard InChI is InChI=1S/C3H4N2O3/c1-4-5-2(6)3(7)8/h1H2,(H,5,6)(H,7,8). The number of carbonyl (C=O) groups excluding carboxylic acids is 1. The molecule has 0 radical (unpaired) electrons. The number of rotatable bonds is 1. The normalized spacial score (nSPS) is 7.50. The highest BCUT2D eigenvalue weighted by atomic mass is 16.4. The van der Waals surface area contributed by atoms with E-state index in [0.29, 0.717) is 0 Å². The van der Waals surface area contributed by atoms with Crippen molar-refractivity contribution >= 4 is 18.6 Å². The molecule has 0 saturated heterocycles. The Bertz CT molecular complexity index is 130. The van der Waals surface area contributed by atoms with Crippen molar-refractivity contribution in [3.8, 4) is 0 Å². The molecule has 0 aliphatic carbocycles. The largest absolute Gasteiger partial charge is 0.474 e. The van der Waals surface area contributed by atoms with Crippen molar-refractivity contribution in [2.24, 2.45) is 5.10 Å². The van der Waals surface area contributed by atoms with Gasteiger partial charge in [0.05, 0.1) is 0 Å². The Morgan fingerprint density at radius 3 is 2.25 bits per heavy atom. The zero-order valence-electron chi connectivity index (χ0n) is 3.92. The van der Waals surface area contributed by atoms with E-state index < -0.39 is 11.9 Å². The maximum absolute atomic E-state index is 9.90. The molecule has 44 valence electrons. The fourth-order valence-electron chi connectivity index (χ4n) is 0.120. The molecule has 0 spiro atoms. The third kappa shape index (κ3) is 1.91. The predicted molar refractivity (Wildman–Crippen MR) is 25.3 cm³/mol. The molecule has 0 fully saturated rings. The third-order valence-electron chi connectivity index (χ3n) is 0.375. The molecular weight excluding hydrogens is 112 g/mol. The average Bonchev–Trinajstić information content (AvgIpc) is 1.67. The van der Waals surface area contributed by atoms with Crippen LogP contribution in [0.3, 0.4) is 0 Å². The van der Waals surface area contributed by atoms with E-state index >= 15 is 0 Å². The van der Waals surface area contributed by atoms with E-state index in [1.54, 1.807) is 5.43 Å². The summed E-state index contributed by atoms with van der Waals surface area (Å²) in [5, 5.41) is 10.6. The van der Waals surface area contributed by atoms with Crippen LogP contribution in [0.1, 0.15) is 0 Å². The van der Waals surface area contributed by atoms with Gasteiger partial charge in [-0.25, -0.2) is 10.2 Å². The fourth-order valence-corrected chi connectivity index (χ4v) is 0.120. The molecule has 0 aromatic carbocycles. The smallest absolute Gasteiger partial charge is 0.396 e. The molecule has 0 unspecified atom stereocenters. The lowest BCUT2D eigenvalue weighted by molar-refractivity contribution is -0.150. The van der Waals surface area contributed by atoms with Gasteiger partial charge in [0.2, 0.25) is 0 Å². The molecular formula is C3H4N2O3. The number of nitrogens with one attached hydrogen (secondary N) is 1. The number of amides is 1. The molecule has 0 atom stereocenters. The minimum Gasteiger partial charge on any atom is -0.474 e. The Morgan fingerprint density at radius 1 is 1.62 bits per heavy atom. The molecule has 0 aromatic rings. The Labute approximate surface area is 45.0 Å². The van der Waals surface area contributed by atoms with Gasteiger partial charge in [-0.3, -0.25) is 4.79 Å². The molecule has 8 heavy (non-hydrogen) atoms. The zero-order chi connectivity index (χ0) is 6.57. The van der Waals surface area contributed by atoms with E-state index in [9.17, 15) is 9.59 Å². The van der Waals surface area contributed by atoms with Crippen molar-refractivity contribution < 1.29 is 14.7 Å². The Kier molecular flexibility index (Phi) is 2.25. The monoisotopic (exact) mass is 116 g/mol. The molecule has 1 amide bonds. The summed E-state index contributed by atoms with van der Waals surface area (Å²) in [7, 11) is 0. The number of hydrogen-bond donors (Lipinski definition) is 2. The van der Waals surface area contributed by atoms with Gasteiger partial charge in [0, 0.05) is 6.72 Å². The van der Waals surface area contributed by atoms with Gasteiger partial charge in [-0.2, -0.15) is 5.10 Å². The highest BCUT2D eigenvalue weighted by Crippen LogP contribution is 1.62. The molecule has 0 bridgehead atoms. The van der Waals surface area contributed by atoms with Crippen LogP contribution < -0.4 is 5.43 Å². The van der Waals surface area contributed by atoms with Crippen LogP contribution in [-0.4, -0.2) is 23.7 Å². The van der Waals surface area contributed by atoms with Crippen LogP contribution in [0.5, 0.6) is 0 Å². The van der Waals surface area contributed by atoms with Crippen LogP contribution in [0, 0.1) is 0 Å². The molecule has 2 N–H and O–H groups in total. The van der Waals surface area contributed by atoms with Crippen molar-refractivity contribution in [2.45, 2.75) is 0 Å². The first-order valence-corrected chi connectivity index (χ1v) is 1.67. The third-order valence-corrected chi connectivity index (χ3v) is 0.375. The molecule has 5 heteroatoms. The van der Waals surface area contributed by atoms with Crippen molar-refractivity contribution in [2.75, 3.05) is 0 Å². The molecule has 0 aliphatic rings. The zero-order valence-corrected chi connectivity index (χ0v) is 3.92. The summed E-state index contributed by atoms with van der Waals surface area (Å²) in [5.74, 6) is -2.75. The Hall–Kier alpha value is -1.39. The lowest BCUT2D eigenvalue weighted by Crippen LogP contribution is -2.25.